The van der Waals surface area contributed by atoms with Crippen molar-refractivity contribution in [1.82, 2.24) is 10.3 Å². The number of anilines is 1. The first-order valence-corrected chi connectivity index (χ1v) is 5.24. The molecule has 1 aliphatic rings. The molecule has 3 nitrogen and oxygen atoms in total. The number of piperidine rings is 1. The molecule has 0 spiro atoms. The molecule has 2 N–H and O–H groups in total. The van der Waals surface area contributed by atoms with E-state index < -0.39 is 0 Å². The minimum Gasteiger partial charge on any atom is -0.382 e. The Bertz CT molecular complexity index is 292. The summed E-state index contributed by atoms with van der Waals surface area (Å²) in [5, 5.41) is 6.90. The summed E-state index contributed by atoms with van der Waals surface area (Å²) in [5.41, 5.74) is 2.27. The number of aromatic nitrogens is 1. The van der Waals surface area contributed by atoms with Crippen LogP contribution in [-0.4, -0.2) is 24.1 Å². The molecule has 0 saturated carbocycles. The Hall–Kier alpha value is -1.09. The number of pyridine rings is 1. The molecule has 2 heterocycles. The molecule has 1 fully saturated rings. The van der Waals surface area contributed by atoms with E-state index in [4.69, 9.17) is 0 Å². The van der Waals surface area contributed by atoms with Crippen molar-refractivity contribution in [3.63, 3.8) is 0 Å². The summed E-state index contributed by atoms with van der Waals surface area (Å²) in [6.07, 6.45) is 4.28. The normalized spacial score (nSPS) is 18.1. The van der Waals surface area contributed by atoms with Gasteiger partial charge in [0.1, 0.15) is 0 Å². The van der Waals surface area contributed by atoms with E-state index in [2.05, 4.69) is 21.7 Å². The van der Waals surface area contributed by atoms with E-state index in [0.717, 1.165) is 18.8 Å². The minimum absolute atomic E-state index is 0.623. The van der Waals surface area contributed by atoms with Gasteiger partial charge in [-0.25, -0.2) is 0 Å². The summed E-state index contributed by atoms with van der Waals surface area (Å²) < 4.78 is 0. The van der Waals surface area contributed by atoms with E-state index in [1.165, 1.54) is 18.5 Å². The van der Waals surface area contributed by atoms with Crippen molar-refractivity contribution in [3.8, 4) is 0 Å². The van der Waals surface area contributed by atoms with Gasteiger partial charge in [0.15, 0.2) is 0 Å². The van der Waals surface area contributed by atoms with Crippen LogP contribution in [-0.2, 0) is 0 Å². The van der Waals surface area contributed by atoms with Gasteiger partial charge < -0.3 is 10.6 Å². The predicted octanol–water partition coefficient (Wildman–Crippen LogP) is 1.55. The minimum atomic E-state index is 0.623. The highest BCUT2D eigenvalue weighted by Gasteiger charge is 2.11. The van der Waals surface area contributed by atoms with Crippen molar-refractivity contribution in [1.29, 1.82) is 0 Å². The van der Waals surface area contributed by atoms with Crippen molar-refractivity contribution in [2.45, 2.75) is 25.8 Å². The van der Waals surface area contributed by atoms with Gasteiger partial charge in [-0.3, -0.25) is 4.98 Å². The molecule has 1 aromatic rings. The van der Waals surface area contributed by atoms with Crippen molar-refractivity contribution in [2.75, 3.05) is 18.4 Å². The number of nitrogens with zero attached hydrogens (tertiary/aromatic N) is 1. The van der Waals surface area contributed by atoms with Gasteiger partial charge in [-0.05, 0) is 45.0 Å². The first-order chi connectivity index (χ1) is 6.84. The van der Waals surface area contributed by atoms with Gasteiger partial charge in [0.2, 0.25) is 0 Å². The number of aryl methyl sites for hydroxylation is 1. The van der Waals surface area contributed by atoms with Crippen LogP contribution in [0.2, 0.25) is 0 Å². The lowest BCUT2D eigenvalue weighted by Crippen LogP contribution is -2.35. The SMILES string of the molecule is Cc1cc(NC2CCNCC2)ccn1. The number of hydrogen-bond donors (Lipinski definition) is 2. The van der Waals surface area contributed by atoms with E-state index in [0.29, 0.717) is 6.04 Å². The third-order valence-corrected chi connectivity index (χ3v) is 2.61. The fraction of sp³-hybridized carbons (Fsp3) is 0.545. The van der Waals surface area contributed by atoms with Crippen LogP contribution in [0.15, 0.2) is 18.3 Å². The highest BCUT2D eigenvalue weighted by Crippen LogP contribution is 2.13. The second kappa shape index (κ2) is 4.42. The van der Waals surface area contributed by atoms with Crippen molar-refractivity contribution >= 4 is 5.69 Å². The molecule has 2 rings (SSSR count). The summed E-state index contributed by atoms with van der Waals surface area (Å²) in [7, 11) is 0. The summed E-state index contributed by atoms with van der Waals surface area (Å²) in [4.78, 5) is 4.18. The van der Waals surface area contributed by atoms with Crippen LogP contribution in [0.1, 0.15) is 18.5 Å². The Morgan fingerprint density at radius 1 is 1.43 bits per heavy atom. The zero-order chi connectivity index (χ0) is 9.80. The molecule has 14 heavy (non-hydrogen) atoms. The van der Waals surface area contributed by atoms with Crippen LogP contribution in [0.25, 0.3) is 0 Å². The summed E-state index contributed by atoms with van der Waals surface area (Å²) in [5.74, 6) is 0. The number of nitrogens with one attached hydrogen (secondary N) is 2. The lowest BCUT2D eigenvalue weighted by atomic mass is 10.1. The van der Waals surface area contributed by atoms with Gasteiger partial charge in [-0.1, -0.05) is 0 Å². The van der Waals surface area contributed by atoms with Crippen molar-refractivity contribution in [2.24, 2.45) is 0 Å². The molecule has 0 unspecified atom stereocenters. The maximum atomic E-state index is 4.18. The lowest BCUT2D eigenvalue weighted by Gasteiger charge is -2.24. The molecule has 0 aromatic carbocycles. The van der Waals surface area contributed by atoms with Crippen LogP contribution >= 0.6 is 0 Å². The molecule has 0 bridgehead atoms. The molecule has 76 valence electrons. The molecule has 1 aromatic heterocycles. The zero-order valence-electron chi connectivity index (χ0n) is 8.59. The summed E-state index contributed by atoms with van der Waals surface area (Å²) in [6, 6.07) is 4.76. The second-order valence-electron chi connectivity index (χ2n) is 3.85. The Morgan fingerprint density at radius 3 is 2.93 bits per heavy atom. The Morgan fingerprint density at radius 2 is 2.21 bits per heavy atom. The first kappa shape index (κ1) is 9.46. The topological polar surface area (TPSA) is 37.0 Å². The Kier molecular flexibility index (Phi) is 2.99. The van der Waals surface area contributed by atoms with E-state index in [9.17, 15) is 0 Å². The van der Waals surface area contributed by atoms with Gasteiger partial charge in [0.25, 0.3) is 0 Å². The van der Waals surface area contributed by atoms with Crippen LogP contribution < -0.4 is 10.6 Å². The maximum absolute atomic E-state index is 4.18. The number of hydrogen-bond acceptors (Lipinski definition) is 3. The van der Waals surface area contributed by atoms with Crippen LogP contribution in [0, 0.1) is 6.92 Å². The molecule has 0 radical (unpaired) electrons. The monoisotopic (exact) mass is 191 g/mol. The second-order valence-corrected chi connectivity index (χ2v) is 3.85. The van der Waals surface area contributed by atoms with Crippen LogP contribution in [0.5, 0.6) is 0 Å². The molecule has 3 heteroatoms. The van der Waals surface area contributed by atoms with E-state index in [1.807, 2.05) is 19.2 Å². The van der Waals surface area contributed by atoms with E-state index in [1.54, 1.807) is 0 Å². The standard InChI is InChI=1S/C11H17N3/c1-9-8-11(4-7-13-9)14-10-2-5-12-6-3-10/h4,7-8,10,12H,2-3,5-6H2,1H3,(H,13,14). The molecule has 0 amide bonds. The first-order valence-electron chi connectivity index (χ1n) is 5.24. The largest absolute Gasteiger partial charge is 0.382 e. The highest BCUT2D eigenvalue weighted by atomic mass is 15.0. The van der Waals surface area contributed by atoms with E-state index in [-0.39, 0.29) is 0 Å². The molecule has 0 aliphatic carbocycles. The highest BCUT2D eigenvalue weighted by molar-refractivity contribution is 5.43. The van der Waals surface area contributed by atoms with Crippen molar-refractivity contribution < 1.29 is 0 Å². The smallest absolute Gasteiger partial charge is 0.0393 e. The van der Waals surface area contributed by atoms with Gasteiger partial charge in [-0.2, -0.15) is 0 Å². The molecule has 1 saturated heterocycles. The van der Waals surface area contributed by atoms with Crippen LogP contribution in [0.3, 0.4) is 0 Å². The zero-order valence-corrected chi connectivity index (χ0v) is 8.59. The average Bonchev–Trinajstić information content (AvgIpc) is 2.19. The van der Waals surface area contributed by atoms with Gasteiger partial charge in [0, 0.05) is 23.6 Å². The Balaban J connectivity index is 1.95. The quantitative estimate of drug-likeness (QED) is 0.744. The Labute approximate surface area is 84.9 Å². The van der Waals surface area contributed by atoms with Gasteiger partial charge in [0.05, 0.1) is 0 Å². The average molecular weight is 191 g/mol. The molecular weight excluding hydrogens is 174 g/mol. The van der Waals surface area contributed by atoms with Crippen molar-refractivity contribution in [3.05, 3.63) is 24.0 Å². The fourth-order valence-corrected chi connectivity index (χ4v) is 1.84. The van der Waals surface area contributed by atoms with Gasteiger partial charge >= 0.3 is 0 Å². The van der Waals surface area contributed by atoms with Crippen LogP contribution in [0.4, 0.5) is 5.69 Å². The molecule has 0 atom stereocenters. The van der Waals surface area contributed by atoms with E-state index >= 15 is 0 Å². The van der Waals surface area contributed by atoms with Gasteiger partial charge in [-0.15, -0.1) is 0 Å². The number of rotatable bonds is 2. The maximum Gasteiger partial charge on any atom is 0.0393 e. The fourth-order valence-electron chi connectivity index (χ4n) is 1.84. The molecule has 1 aliphatic heterocycles. The molecular formula is C11H17N3. The predicted molar refractivity (Wildman–Crippen MR) is 58.5 cm³/mol. The summed E-state index contributed by atoms with van der Waals surface area (Å²) >= 11 is 0. The third kappa shape index (κ3) is 2.45. The summed E-state index contributed by atoms with van der Waals surface area (Å²) in [6.45, 7) is 4.27. The third-order valence-electron chi connectivity index (χ3n) is 2.61. The lowest BCUT2D eigenvalue weighted by molar-refractivity contribution is 0.479.